The third-order valence-electron chi connectivity index (χ3n) is 4.71. The zero-order chi connectivity index (χ0) is 14.9. The topological polar surface area (TPSA) is 64.3 Å². The second-order valence-electron chi connectivity index (χ2n) is 6.21. The molecule has 1 amide bonds. The highest BCUT2D eigenvalue weighted by molar-refractivity contribution is 5.94. The molecule has 1 saturated heterocycles. The Kier molecular flexibility index (Phi) is 3.69. The highest BCUT2D eigenvalue weighted by Crippen LogP contribution is 2.47. The summed E-state index contributed by atoms with van der Waals surface area (Å²) in [6, 6.07) is 9.86. The van der Waals surface area contributed by atoms with E-state index in [1.807, 2.05) is 29.2 Å². The van der Waals surface area contributed by atoms with Crippen molar-refractivity contribution in [1.82, 2.24) is 4.90 Å². The van der Waals surface area contributed by atoms with Gasteiger partial charge in [0.2, 0.25) is 0 Å². The molecule has 0 radical (unpaired) electrons. The van der Waals surface area contributed by atoms with Crippen molar-refractivity contribution in [3.05, 3.63) is 35.4 Å². The first-order chi connectivity index (χ1) is 10.2. The molecule has 1 aromatic rings. The van der Waals surface area contributed by atoms with Gasteiger partial charge >= 0.3 is 0 Å². The molecule has 1 aliphatic heterocycles. The van der Waals surface area contributed by atoms with Gasteiger partial charge in [-0.2, -0.15) is 5.26 Å². The van der Waals surface area contributed by atoms with Crippen LogP contribution < -0.4 is 0 Å². The van der Waals surface area contributed by atoms with Crippen LogP contribution in [-0.4, -0.2) is 35.6 Å². The predicted octanol–water partition coefficient (Wildman–Crippen LogP) is 2.09. The van der Waals surface area contributed by atoms with Crippen molar-refractivity contribution in [3.8, 4) is 6.07 Å². The summed E-state index contributed by atoms with van der Waals surface area (Å²) in [5.41, 5.74) is 1.40. The van der Waals surface area contributed by atoms with Gasteiger partial charge in [-0.1, -0.05) is 12.1 Å². The summed E-state index contributed by atoms with van der Waals surface area (Å²) in [6.07, 6.45) is 3.78. The van der Waals surface area contributed by atoms with Crippen LogP contribution in [0, 0.1) is 17.2 Å². The number of benzene rings is 1. The molecule has 0 bridgehead atoms. The lowest BCUT2D eigenvalue weighted by Crippen LogP contribution is -2.40. The number of amides is 1. The lowest BCUT2D eigenvalue weighted by atomic mass is 9.95. The highest BCUT2D eigenvalue weighted by atomic mass is 16.3. The standard InChI is InChI=1S/C17H20N2O2/c18-12-17(7-8-17)15-5-3-14(4-6-15)16(21)19-9-1-2-13(10-19)11-20/h3-6,13,20H,1-2,7-11H2. The van der Waals surface area contributed by atoms with Gasteiger partial charge in [0.1, 0.15) is 0 Å². The van der Waals surface area contributed by atoms with Crippen LogP contribution in [0.15, 0.2) is 24.3 Å². The van der Waals surface area contributed by atoms with E-state index in [4.69, 9.17) is 0 Å². The van der Waals surface area contributed by atoms with Crippen molar-refractivity contribution >= 4 is 5.91 Å². The monoisotopic (exact) mass is 284 g/mol. The molecule has 21 heavy (non-hydrogen) atoms. The first kappa shape index (κ1) is 14.1. The number of hydrogen-bond donors (Lipinski definition) is 1. The van der Waals surface area contributed by atoms with Gasteiger partial charge in [0, 0.05) is 25.3 Å². The number of hydrogen-bond acceptors (Lipinski definition) is 3. The quantitative estimate of drug-likeness (QED) is 0.924. The average molecular weight is 284 g/mol. The average Bonchev–Trinajstić information content (AvgIpc) is 3.35. The molecule has 1 N–H and O–H groups in total. The van der Waals surface area contributed by atoms with E-state index < -0.39 is 0 Å². The van der Waals surface area contributed by atoms with Gasteiger partial charge in [0.25, 0.3) is 5.91 Å². The maximum atomic E-state index is 12.5. The Hall–Kier alpha value is -1.86. The van der Waals surface area contributed by atoms with E-state index in [1.54, 1.807) is 0 Å². The van der Waals surface area contributed by atoms with E-state index >= 15 is 0 Å². The van der Waals surface area contributed by atoms with Gasteiger partial charge in [0.15, 0.2) is 0 Å². The Morgan fingerprint density at radius 3 is 2.67 bits per heavy atom. The summed E-state index contributed by atoms with van der Waals surface area (Å²) in [4.78, 5) is 14.3. The minimum absolute atomic E-state index is 0.0292. The van der Waals surface area contributed by atoms with E-state index in [0.29, 0.717) is 12.1 Å². The molecule has 2 fully saturated rings. The Balaban J connectivity index is 1.72. The first-order valence-corrected chi connectivity index (χ1v) is 7.60. The molecular weight excluding hydrogens is 264 g/mol. The Bertz CT molecular complexity index is 569. The van der Waals surface area contributed by atoms with Gasteiger partial charge in [-0.25, -0.2) is 0 Å². The summed E-state index contributed by atoms with van der Waals surface area (Å²) in [5, 5.41) is 18.5. The number of carbonyl (C=O) groups is 1. The fourth-order valence-corrected chi connectivity index (χ4v) is 3.10. The molecule has 1 atom stereocenters. The molecule has 2 aliphatic rings. The van der Waals surface area contributed by atoms with E-state index in [2.05, 4.69) is 6.07 Å². The van der Waals surface area contributed by atoms with E-state index in [1.165, 1.54) is 0 Å². The van der Waals surface area contributed by atoms with Gasteiger partial charge in [-0.05, 0) is 49.3 Å². The minimum Gasteiger partial charge on any atom is -0.396 e. The van der Waals surface area contributed by atoms with Gasteiger partial charge < -0.3 is 10.0 Å². The van der Waals surface area contributed by atoms with E-state index in [9.17, 15) is 15.2 Å². The molecule has 0 aromatic heterocycles. The smallest absolute Gasteiger partial charge is 0.253 e. The van der Waals surface area contributed by atoms with Crippen LogP contribution in [0.2, 0.25) is 0 Å². The molecule has 1 aromatic carbocycles. The number of nitriles is 1. The molecule has 1 saturated carbocycles. The Morgan fingerprint density at radius 1 is 1.38 bits per heavy atom. The third-order valence-corrected chi connectivity index (χ3v) is 4.71. The summed E-state index contributed by atoms with van der Waals surface area (Å²) in [5.74, 6) is 0.233. The van der Waals surface area contributed by atoms with Gasteiger partial charge in [0.05, 0.1) is 11.5 Å². The number of carbonyl (C=O) groups excluding carboxylic acids is 1. The minimum atomic E-state index is -0.297. The second-order valence-corrected chi connectivity index (χ2v) is 6.21. The van der Waals surface area contributed by atoms with Crippen molar-refractivity contribution in [2.45, 2.75) is 31.1 Å². The van der Waals surface area contributed by atoms with Crippen LogP contribution in [0.25, 0.3) is 0 Å². The van der Waals surface area contributed by atoms with E-state index in [-0.39, 0.29) is 23.8 Å². The molecule has 3 rings (SSSR count). The van der Waals surface area contributed by atoms with Crippen LogP contribution in [-0.2, 0) is 5.41 Å². The SMILES string of the molecule is N#CC1(c2ccc(C(=O)N3CCCC(CO)C3)cc2)CC1. The van der Waals surface area contributed by atoms with Crippen LogP contribution in [0.3, 0.4) is 0 Å². The fraction of sp³-hybridized carbons (Fsp3) is 0.529. The zero-order valence-corrected chi connectivity index (χ0v) is 12.1. The Labute approximate surface area is 125 Å². The number of nitrogens with zero attached hydrogens (tertiary/aromatic N) is 2. The third kappa shape index (κ3) is 2.66. The molecule has 1 aliphatic carbocycles. The first-order valence-electron chi connectivity index (χ1n) is 7.60. The number of aliphatic hydroxyl groups excluding tert-OH is 1. The summed E-state index contributed by atoms with van der Waals surface area (Å²) in [7, 11) is 0. The molecule has 4 heteroatoms. The predicted molar refractivity (Wildman–Crippen MR) is 78.7 cm³/mol. The number of rotatable bonds is 3. The van der Waals surface area contributed by atoms with Crippen LogP contribution in [0.1, 0.15) is 41.6 Å². The molecule has 1 unspecified atom stereocenters. The second kappa shape index (κ2) is 5.50. The van der Waals surface area contributed by atoms with Crippen molar-refractivity contribution in [1.29, 1.82) is 5.26 Å². The van der Waals surface area contributed by atoms with Gasteiger partial charge in [-0.3, -0.25) is 4.79 Å². The number of aliphatic hydroxyl groups is 1. The summed E-state index contributed by atoms with van der Waals surface area (Å²) < 4.78 is 0. The molecule has 1 heterocycles. The lowest BCUT2D eigenvalue weighted by molar-refractivity contribution is 0.0620. The van der Waals surface area contributed by atoms with Crippen molar-refractivity contribution in [2.24, 2.45) is 5.92 Å². The molecule has 0 spiro atoms. The fourth-order valence-electron chi connectivity index (χ4n) is 3.10. The molecule has 4 nitrogen and oxygen atoms in total. The number of likely N-dealkylation sites (tertiary alicyclic amines) is 1. The Morgan fingerprint density at radius 2 is 2.10 bits per heavy atom. The largest absolute Gasteiger partial charge is 0.396 e. The van der Waals surface area contributed by atoms with Crippen molar-refractivity contribution in [3.63, 3.8) is 0 Å². The lowest BCUT2D eigenvalue weighted by Gasteiger charge is -2.32. The van der Waals surface area contributed by atoms with Crippen LogP contribution >= 0.6 is 0 Å². The summed E-state index contributed by atoms with van der Waals surface area (Å²) >= 11 is 0. The van der Waals surface area contributed by atoms with Crippen molar-refractivity contribution < 1.29 is 9.90 Å². The van der Waals surface area contributed by atoms with Crippen LogP contribution in [0.5, 0.6) is 0 Å². The highest BCUT2D eigenvalue weighted by Gasteiger charge is 2.44. The molecule has 110 valence electrons. The van der Waals surface area contributed by atoms with Crippen LogP contribution in [0.4, 0.5) is 0 Å². The molecular formula is C17H20N2O2. The zero-order valence-electron chi connectivity index (χ0n) is 12.1. The van der Waals surface area contributed by atoms with E-state index in [0.717, 1.165) is 37.8 Å². The van der Waals surface area contributed by atoms with Gasteiger partial charge in [-0.15, -0.1) is 0 Å². The maximum Gasteiger partial charge on any atom is 0.253 e. The summed E-state index contributed by atoms with van der Waals surface area (Å²) in [6.45, 7) is 1.55. The van der Waals surface area contributed by atoms with Crippen molar-refractivity contribution in [2.75, 3.05) is 19.7 Å². The maximum absolute atomic E-state index is 12.5. The normalized spacial score (nSPS) is 23.4. The number of piperidine rings is 1.